The summed E-state index contributed by atoms with van der Waals surface area (Å²) in [6.45, 7) is 18.2. The maximum absolute atomic E-state index is 13.1. The summed E-state index contributed by atoms with van der Waals surface area (Å²) in [4.78, 5) is 49.8. The molecule has 0 atom stereocenters. The number of carboxylic acid groups (broad SMARTS) is 1. The molecule has 0 aromatic heterocycles. The third-order valence-electron chi connectivity index (χ3n) is 21.1. The van der Waals surface area contributed by atoms with Crippen molar-refractivity contribution in [2.75, 3.05) is 198 Å². The molecule has 31 heteroatoms. The zero-order chi connectivity index (χ0) is 84.9. The van der Waals surface area contributed by atoms with Gasteiger partial charge in [-0.25, -0.2) is 30.0 Å². The molecule has 0 aliphatic carbocycles. The fourth-order valence-corrected chi connectivity index (χ4v) is 18.8. The van der Waals surface area contributed by atoms with E-state index in [4.69, 9.17) is 39.3 Å². The molecular formula is C84H128N12O16S3. The SMILES string of the molecule is CN(C)C1CCN(c2ccc(CN)cc2)CC1.COc1cc(C)c(S(=O)(=O)N(C)CCOCC(=O)NCc2ccc(N3CCC(N(C)C)CC3)cc2)c(C)c1.COc1cc(C)c(S(=O)(=O)N(C)CCOCC(=O)NCc2ccc(N3CCC(N(C)C)CC3)cc2)c(C)c1.COc1cc(C)c(S(=O)(=O)N(C)CCOCC(=O)O)c(C)c1. The van der Waals surface area contributed by atoms with Gasteiger partial charge < -0.3 is 79.3 Å². The Labute approximate surface area is 685 Å². The molecule has 6 aromatic carbocycles. The molecule has 3 fully saturated rings. The lowest BCUT2D eigenvalue weighted by Crippen LogP contribution is -2.41. The van der Waals surface area contributed by atoms with E-state index in [0.717, 1.165) is 86.4 Å². The molecular weight excluding hydrogens is 1530 g/mol. The fourth-order valence-electron chi connectivity index (χ4n) is 14.1. The summed E-state index contributed by atoms with van der Waals surface area (Å²) < 4.78 is 113. The predicted octanol–water partition coefficient (Wildman–Crippen LogP) is 8.30. The average molecular weight is 1660 g/mol. The van der Waals surface area contributed by atoms with Crippen molar-refractivity contribution in [2.24, 2.45) is 5.73 Å². The number of carbonyl (C=O) groups excluding carboxylic acids is 2. The Morgan fingerprint density at radius 2 is 0.635 bits per heavy atom. The van der Waals surface area contributed by atoms with E-state index in [2.05, 4.69) is 131 Å². The number of benzene rings is 6. The molecule has 0 radical (unpaired) electrons. The monoisotopic (exact) mass is 1660 g/mol. The summed E-state index contributed by atoms with van der Waals surface area (Å²) in [5.74, 6) is 0.257. The number of anilines is 3. The molecule has 0 unspecified atom stereocenters. The molecule has 3 aliphatic heterocycles. The Balaban J connectivity index is 0.000000250. The van der Waals surface area contributed by atoms with Crippen LogP contribution in [0.3, 0.4) is 0 Å². The number of hydrogen-bond donors (Lipinski definition) is 4. The Morgan fingerprint density at radius 1 is 0.400 bits per heavy atom. The van der Waals surface area contributed by atoms with Crippen LogP contribution >= 0.6 is 0 Å². The summed E-state index contributed by atoms with van der Waals surface area (Å²) in [5.41, 5.74) is 16.3. The molecule has 9 rings (SSSR count). The zero-order valence-corrected chi connectivity index (χ0v) is 73.4. The third kappa shape index (κ3) is 28.9. The molecule has 3 saturated heterocycles. The number of nitrogens with zero attached hydrogens (tertiary/aromatic N) is 9. The second-order valence-corrected chi connectivity index (χ2v) is 36.0. The van der Waals surface area contributed by atoms with Crippen LogP contribution in [-0.4, -0.2) is 277 Å². The van der Waals surface area contributed by atoms with Crippen LogP contribution in [-0.2, 0) is 78.3 Å². The van der Waals surface area contributed by atoms with Gasteiger partial charge >= 0.3 is 5.97 Å². The summed E-state index contributed by atoms with van der Waals surface area (Å²) in [6.07, 6.45) is 7.15. The molecule has 3 aliphatic rings. The number of likely N-dealkylation sites (N-methyl/N-ethyl adjacent to an activating group) is 3. The van der Waals surface area contributed by atoms with Gasteiger partial charge in [0.05, 0.1) is 55.8 Å². The van der Waals surface area contributed by atoms with Gasteiger partial charge in [0, 0.05) is 135 Å². The highest BCUT2D eigenvalue weighted by atomic mass is 32.2. The first kappa shape index (κ1) is 95.8. The van der Waals surface area contributed by atoms with Gasteiger partial charge in [-0.15, -0.1) is 0 Å². The van der Waals surface area contributed by atoms with Gasteiger partial charge in [-0.3, -0.25) is 9.59 Å². The molecule has 0 spiro atoms. The number of carboxylic acids is 1. The van der Waals surface area contributed by atoms with E-state index in [0.29, 0.717) is 82.3 Å². The number of sulfonamides is 3. The van der Waals surface area contributed by atoms with Gasteiger partial charge in [0.1, 0.15) is 37.1 Å². The highest BCUT2D eigenvalue weighted by Gasteiger charge is 2.30. The van der Waals surface area contributed by atoms with Crippen molar-refractivity contribution in [2.45, 2.75) is 133 Å². The fraction of sp³-hybridized carbons (Fsp3) is 0.536. The van der Waals surface area contributed by atoms with Gasteiger partial charge in [-0.1, -0.05) is 36.4 Å². The molecule has 638 valence electrons. The van der Waals surface area contributed by atoms with E-state index in [1.165, 1.54) is 72.3 Å². The van der Waals surface area contributed by atoms with Crippen molar-refractivity contribution in [3.05, 3.63) is 159 Å². The summed E-state index contributed by atoms with van der Waals surface area (Å²) in [6, 6.07) is 37.4. The van der Waals surface area contributed by atoms with Crippen LogP contribution in [0, 0.1) is 41.5 Å². The number of carbonyl (C=O) groups is 3. The van der Waals surface area contributed by atoms with E-state index >= 15 is 0 Å². The number of aliphatic carboxylic acids is 1. The number of hydrogen-bond acceptors (Lipinski definition) is 22. The smallest absolute Gasteiger partial charge is 0.329 e. The largest absolute Gasteiger partial charge is 0.497 e. The van der Waals surface area contributed by atoms with Crippen LogP contribution < -0.4 is 45.3 Å². The second kappa shape index (κ2) is 46.2. The number of ether oxygens (including phenoxy) is 6. The molecule has 28 nitrogen and oxygen atoms in total. The average Bonchev–Trinajstić information content (AvgIpc) is 0.792. The molecule has 5 N–H and O–H groups in total. The number of piperidine rings is 3. The van der Waals surface area contributed by atoms with Crippen LogP contribution in [0.4, 0.5) is 17.1 Å². The van der Waals surface area contributed by atoms with Crippen molar-refractivity contribution in [1.29, 1.82) is 0 Å². The number of nitrogens with one attached hydrogen (secondary N) is 2. The zero-order valence-electron chi connectivity index (χ0n) is 71.0. The van der Waals surface area contributed by atoms with Crippen LogP contribution in [0.25, 0.3) is 0 Å². The van der Waals surface area contributed by atoms with Crippen LogP contribution in [0.15, 0.2) is 124 Å². The number of nitrogens with two attached hydrogens (primary N) is 1. The molecule has 115 heavy (non-hydrogen) atoms. The van der Waals surface area contributed by atoms with Crippen molar-refractivity contribution in [3.8, 4) is 17.2 Å². The maximum atomic E-state index is 13.1. The lowest BCUT2D eigenvalue weighted by molar-refractivity contribution is -0.142. The molecule has 0 saturated carbocycles. The summed E-state index contributed by atoms with van der Waals surface area (Å²) in [7, 11) is 10.9. The maximum Gasteiger partial charge on any atom is 0.329 e. The first-order valence-electron chi connectivity index (χ1n) is 39.0. The summed E-state index contributed by atoms with van der Waals surface area (Å²) in [5, 5.41) is 14.2. The Bertz CT molecular complexity index is 4150. The van der Waals surface area contributed by atoms with E-state index in [1.807, 2.05) is 24.3 Å². The number of methoxy groups -OCH3 is 3. The van der Waals surface area contributed by atoms with Gasteiger partial charge in [0.15, 0.2) is 0 Å². The standard InChI is InChI=1S/2C28H42N4O5S.C14H23N3.C14H21NO6S/c2*1-21-17-26(36-6)18-22(2)28(21)38(34,35)31(5)15-16-37-20-27(33)29-19-23-7-9-25(10-8-23)32-13-11-24(12-14-32)30(3)4;1-16(2)13-7-9-17(10-8-13)14-5-3-12(11-15)4-6-14;1-10-7-12(20-4)8-11(2)14(10)22(18,19)15(3)5-6-21-9-13(16)17/h2*7-10,17-18,24H,11-16,19-20H2,1-6H3,(H,29,33);3-6,13H,7-11,15H2,1-2H3;7-8H,5-6,9H2,1-4H3,(H,16,17). The highest BCUT2D eigenvalue weighted by Crippen LogP contribution is 2.32. The van der Waals surface area contributed by atoms with Crippen molar-refractivity contribution in [3.63, 3.8) is 0 Å². The molecule has 2 amide bonds. The minimum atomic E-state index is -3.70. The first-order chi connectivity index (χ1) is 54.4. The number of aryl methyl sites for hydroxylation is 6. The minimum absolute atomic E-state index is 0.0102. The van der Waals surface area contributed by atoms with Crippen molar-refractivity contribution in [1.82, 2.24) is 38.2 Å². The van der Waals surface area contributed by atoms with E-state index in [9.17, 15) is 39.6 Å². The Hall–Kier alpha value is -8.02. The van der Waals surface area contributed by atoms with Crippen molar-refractivity contribution < 1.29 is 73.2 Å². The molecule has 3 heterocycles. The number of amides is 2. The number of rotatable bonds is 35. The second-order valence-electron chi connectivity index (χ2n) is 30.1. The van der Waals surface area contributed by atoms with Gasteiger partial charge in [-0.2, -0.15) is 12.9 Å². The van der Waals surface area contributed by atoms with Crippen LogP contribution in [0.1, 0.15) is 88.6 Å². The Morgan fingerprint density at radius 3 is 0.852 bits per heavy atom. The third-order valence-corrected chi connectivity index (χ3v) is 27.5. The van der Waals surface area contributed by atoms with Gasteiger partial charge in [0.2, 0.25) is 41.9 Å². The highest BCUT2D eigenvalue weighted by molar-refractivity contribution is 7.89. The minimum Gasteiger partial charge on any atom is -0.497 e. The first-order valence-corrected chi connectivity index (χ1v) is 43.3. The lowest BCUT2D eigenvalue weighted by atomic mass is 10.0. The molecule has 6 aromatic rings. The predicted molar refractivity (Wildman–Crippen MR) is 455 cm³/mol. The van der Waals surface area contributed by atoms with E-state index in [1.54, 1.807) is 92.2 Å². The van der Waals surface area contributed by atoms with Gasteiger partial charge in [0.25, 0.3) is 0 Å². The van der Waals surface area contributed by atoms with Gasteiger partial charge in [-0.05, 0) is 245 Å². The van der Waals surface area contributed by atoms with Crippen LogP contribution in [0.2, 0.25) is 0 Å². The summed E-state index contributed by atoms with van der Waals surface area (Å²) >= 11 is 0. The lowest BCUT2D eigenvalue weighted by Gasteiger charge is -2.36. The van der Waals surface area contributed by atoms with Crippen LogP contribution in [0.5, 0.6) is 17.2 Å². The quantitative estimate of drug-likeness (QED) is 0.0272. The normalized spacial score (nSPS) is 14.6. The van der Waals surface area contributed by atoms with Crippen molar-refractivity contribution >= 4 is 64.9 Å². The Kier molecular flexibility index (Phi) is 38.5. The molecule has 0 bridgehead atoms. The van der Waals surface area contributed by atoms with E-state index < -0.39 is 42.6 Å². The van der Waals surface area contributed by atoms with E-state index in [-0.39, 0.29) is 79.2 Å². The topological polar surface area (TPSA) is 308 Å².